The van der Waals surface area contributed by atoms with Gasteiger partial charge >= 0.3 is 0 Å². The molecule has 0 aromatic carbocycles. The van der Waals surface area contributed by atoms with Gasteiger partial charge in [0.2, 0.25) is 5.91 Å². The van der Waals surface area contributed by atoms with Crippen LogP contribution in [0.3, 0.4) is 0 Å². The minimum atomic E-state index is 0.160. The molecule has 0 aliphatic heterocycles. The quantitative estimate of drug-likeness (QED) is 0.240. The van der Waals surface area contributed by atoms with E-state index in [0.717, 1.165) is 57.8 Å². The molecule has 1 amide bonds. The van der Waals surface area contributed by atoms with Crippen LogP contribution >= 0.6 is 0 Å². The molecule has 0 aliphatic rings. The van der Waals surface area contributed by atoms with Gasteiger partial charge in [0.15, 0.2) is 0 Å². The fourth-order valence-corrected chi connectivity index (χ4v) is 3.20. The van der Waals surface area contributed by atoms with Crippen LogP contribution in [-0.2, 0) is 9.59 Å². The first-order valence-corrected chi connectivity index (χ1v) is 12.1. The second-order valence-electron chi connectivity index (χ2n) is 8.94. The summed E-state index contributed by atoms with van der Waals surface area (Å²) in [5.74, 6) is 0.425. The second kappa shape index (κ2) is 18.8. The summed E-state index contributed by atoms with van der Waals surface area (Å²) >= 11 is 0. The summed E-state index contributed by atoms with van der Waals surface area (Å²) in [5.41, 5.74) is 5.51. The number of hydrogen-bond acceptors (Lipinski definition) is 2. The molecule has 0 fully saturated rings. The number of hydrogen-bond donors (Lipinski definition) is 1. The Morgan fingerprint density at radius 1 is 0.613 bits per heavy atom. The van der Waals surface area contributed by atoms with Gasteiger partial charge in [-0.15, -0.1) is 0 Å². The van der Waals surface area contributed by atoms with E-state index in [1.54, 1.807) is 6.92 Å². The van der Waals surface area contributed by atoms with E-state index >= 15 is 0 Å². The molecule has 0 aromatic rings. The Morgan fingerprint density at radius 2 is 1.03 bits per heavy atom. The topological polar surface area (TPSA) is 46.2 Å². The Labute approximate surface area is 192 Å². The normalized spacial score (nSPS) is 13.5. The van der Waals surface area contributed by atoms with Crippen molar-refractivity contribution in [1.82, 2.24) is 5.32 Å². The molecule has 0 saturated carbocycles. The average Bonchev–Trinajstić information content (AvgIpc) is 2.70. The molecule has 0 aliphatic carbocycles. The van der Waals surface area contributed by atoms with E-state index < -0.39 is 0 Å². The number of Topliss-reactive ketones (excluding diaryl/α,β-unsaturated/α-hetero) is 1. The maximum absolute atomic E-state index is 11.7. The van der Waals surface area contributed by atoms with Crippen molar-refractivity contribution in [3.05, 3.63) is 46.6 Å². The van der Waals surface area contributed by atoms with Gasteiger partial charge in [0.1, 0.15) is 5.78 Å². The number of carbonyl (C=O) groups excluding carboxylic acids is 2. The van der Waals surface area contributed by atoms with Crippen molar-refractivity contribution in [3.63, 3.8) is 0 Å². The molecule has 0 spiro atoms. The van der Waals surface area contributed by atoms with E-state index in [-0.39, 0.29) is 11.7 Å². The highest BCUT2D eigenvalue weighted by Crippen LogP contribution is 2.14. The summed E-state index contributed by atoms with van der Waals surface area (Å²) in [4.78, 5) is 22.6. The molecule has 0 aromatic heterocycles. The number of rotatable bonds is 17. The van der Waals surface area contributed by atoms with Gasteiger partial charge in [0.05, 0.1) is 0 Å². The Kier molecular flexibility index (Phi) is 17.7. The molecule has 0 bridgehead atoms. The van der Waals surface area contributed by atoms with E-state index in [2.05, 4.69) is 64.2 Å². The molecule has 0 rings (SSSR count). The van der Waals surface area contributed by atoms with Gasteiger partial charge in [-0.3, -0.25) is 4.79 Å². The molecule has 1 N–H and O–H groups in total. The van der Waals surface area contributed by atoms with Gasteiger partial charge in [-0.25, -0.2) is 0 Å². The fourth-order valence-electron chi connectivity index (χ4n) is 3.20. The monoisotopic (exact) mass is 429 g/mol. The van der Waals surface area contributed by atoms with Crippen molar-refractivity contribution in [1.29, 1.82) is 0 Å². The zero-order chi connectivity index (χ0) is 23.5. The van der Waals surface area contributed by atoms with Crippen LogP contribution in [-0.4, -0.2) is 18.2 Å². The maximum Gasteiger partial charge on any atom is 0.220 e. The number of allylic oxidation sites excluding steroid dienone is 7. The smallest absolute Gasteiger partial charge is 0.220 e. The minimum absolute atomic E-state index is 0.160. The van der Waals surface area contributed by atoms with Gasteiger partial charge in [-0.05, 0) is 86.0 Å². The van der Waals surface area contributed by atoms with Gasteiger partial charge in [0.25, 0.3) is 0 Å². The first-order valence-electron chi connectivity index (χ1n) is 12.1. The van der Waals surface area contributed by atoms with E-state index in [9.17, 15) is 9.59 Å². The molecule has 0 heterocycles. The molecular formula is C28H47NO2. The SMILES string of the molecule is CCCCC(=O)NCC(C)=CCCC(C)=CCCC(C)=CCCC(C)=CCCC(C)=O. The molecule has 0 saturated heterocycles. The molecule has 31 heavy (non-hydrogen) atoms. The first-order chi connectivity index (χ1) is 14.7. The largest absolute Gasteiger partial charge is 0.352 e. The zero-order valence-corrected chi connectivity index (χ0v) is 21.1. The lowest BCUT2D eigenvalue weighted by Crippen LogP contribution is -2.24. The summed E-state index contributed by atoms with van der Waals surface area (Å²) < 4.78 is 0. The van der Waals surface area contributed by atoms with Crippen molar-refractivity contribution in [2.75, 3.05) is 6.54 Å². The van der Waals surface area contributed by atoms with Crippen LogP contribution in [0.2, 0.25) is 0 Å². The second-order valence-corrected chi connectivity index (χ2v) is 8.94. The molecule has 3 heteroatoms. The van der Waals surface area contributed by atoms with Crippen LogP contribution in [0.15, 0.2) is 46.6 Å². The van der Waals surface area contributed by atoms with Gasteiger partial charge in [0, 0.05) is 19.4 Å². The van der Waals surface area contributed by atoms with Crippen LogP contribution in [0.4, 0.5) is 0 Å². The van der Waals surface area contributed by atoms with Crippen LogP contribution in [0, 0.1) is 0 Å². The van der Waals surface area contributed by atoms with Gasteiger partial charge in [-0.2, -0.15) is 0 Å². The van der Waals surface area contributed by atoms with Crippen molar-refractivity contribution in [3.8, 4) is 0 Å². The number of unbranched alkanes of at least 4 members (excludes halogenated alkanes) is 1. The lowest BCUT2D eigenvalue weighted by Gasteiger charge is -2.06. The van der Waals surface area contributed by atoms with Crippen LogP contribution in [0.5, 0.6) is 0 Å². The Balaban J connectivity index is 4.06. The van der Waals surface area contributed by atoms with Crippen LogP contribution in [0.25, 0.3) is 0 Å². The van der Waals surface area contributed by atoms with Crippen molar-refractivity contribution >= 4 is 11.7 Å². The standard InChI is InChI=1S/C28H47NO2/c1-7-8-21-28(31)29-22-26(5)19-11-17-24(3)15-9-13-23(2)14-10-16-25(4)18-12-20-27(6)30/h14-15,18-19H,7-13,16-17,20-22H2,1-6H3,(H,29,31). The Morgan fingerprint density at radius 3 is 1.45 bits per heavy atom. The van der Waals surface area contributed by atoms with Crippen molar-refractivity contribution in [2.24, 2.45) is 0 Å². The molecule has 3 nitrogen and oxygen atoms in total. The third kappa shape index (κ3) is 19.8. The highest BCUT2D eigenvalue weighted by atomic mass is 16.1. The summed E-state index contributed by atoms with van der Waals surface area (Å²) in [6, 6.07) is 0. The lowest BCUT2D eigenvalue weighted by molar-refractivity contribution is -0.121. The van der Waals surface area contributed by atoms with Gasteiger partial charge < -0.3 is 10.1 Å². The molecule has 0 unspecified atom stereocenters. The first kappa shape index (κ1) is 29.1. The summed E-state index contributed by atoms with van der Waals surface area (Å²) in [7, 11) is 0. The van der Waals surface area contributed by atoms with Crippen molar-refractivity contribution < 1.29 is 9.59 Å². The highest BCUT2D eigenvalue weighted by Gasteiger charge is 2.00. The fraction of sp³-hybridized carbons (Fsp3) is 0.643. The van der Waals surface area contributed by atoms with Crippen molar-refractivity contribution in [2.45, 2.75) is 112 Å². The van der Waals surface area contributed by atoms with Crippen LogP contribution in [0.1, 0.15) is 112 Å². The Bertz CT molecular complexity index is 650. The Hall–Kier alpha value is -1.90. The number of ketones is 1. The van der Waals surface area contributed by atoms with E-state index in [0.29, 0.717) is 19.4 Å². The van der Waals surface area contributed by atoms with E-state index in [1.807, 2.05) is 0 Å². The molecule has 0 radical (unpaired) electrons. The summed E-state index contributed by atoms with van der Waals surface area (Å²) in [6.45, 7) is 13.1. The number of nitrogens with one attached hydrogen (secondary N) is 1. The predicted octanol–water partition coefficient (Wildman–Crippen LogP) is 7.79. The zero-order valence-electron chi connectivity index (χ0n) is 21.1. The summed E-state index contributed by atoms with van der Waals surface area (Å²) in [6.07, 6.45) is 19.8. The molecular weight excluding hydrogens is 382 g/mol. The lowest BCUT2D eigenvalue weighted by atomic mass is 10.0. The maximum atomic E-state index is 11.7. The van der Waals surface area contributed by atoms with Gasteiger partial charge in [-0.1, -0.05) is 59.9 Å². The predicted molar refractivity (Wildman–Crippen MR) is 135 cm³/mol. The van der Waals surface area contributed by atoms with Crippen LogP contribution < -0.4 is 5.32 Å². The molecule has 176 valence electrons. The van der Waals surface area contributed by atoms with E-state index in [1.165, 1.54) is 22.3 Å². The highest BCUT2D eigenvalue weighted by molar-refractivity contribution is 5.76. The van der Waals surface area contributed by atoms with E-state index in [4.69, 9.17) is 0 Å². The number of amides is 1. The average molecular weight is 430 g/mol. The number of carbonyl (C=O) groups is 2. The third-order valence-electron chi connectivity index (χ3n) is 5.41. The molecule has 0 atom stereocenters. The third-order valence-corrected chi connectivity index (χ3v) is 5.41. The minimum Gasteiger partial charge on any atom is -0.352 e. The summed E-state index contributed by atoms with van der Waals surface area (Å²) in [5, 5.41) is 2.99.